The minimum absolute atomic E-state index is 0.00912. The van der Waals surface area contributed by atoms with Gasteiger partial charge in [-0.25, -0.2) is 14.5 Å². The van der Waals surface area contributed by atoms with Crippen LogP contribution in [0.2, 0.25) is 0 Å². The molecule has 1 saturated heterocycles. The number of carbonyl (C=O) groups is 1. The van der Waals surface area contributed by atoms with Crippen LogP contribution >= 0.6 is 0 Å². The van der Waals surface area contributed by atoms with Crippen LogP contribution in [0.1, 0.15) is 63.3 Å². The number of piperazine rings is 1. The molecule has 35 heavy (non-hydrogen) atoms. The molecule has 2 N–H and O–H groups in total. The lowest BCUT2D eigenvalue weighted by atomic mass is 10.1. The van der Waals surface area contributed by atoms with Gasteiger partial charge in [-0.3, -0.25) is 4.79 Å². The van der Waals surface area contributed by atoms with Crippen molar-refractivity contribution in [3.63, 3.8) is 0 Å². The highest BCUT2D eigenvalue weighted by molar-refractivity contribution is 5.76. The molecule has 0 aromatic carbocycles. The molecule has 0 saturated carbocycles. The summed E-state index contributed by atoms with van der Waals surface area (Å²) in [6.45, 7) is 11.3. The molecule has 1 amide bonds. The minimum Gasteiger partial charge on any atom is -0.459 e. The summed E-state index contributed by atoms with van der Waals surface area (Å²) in [5.41, 5.74) is 9.70. The van der Waals surface area contributed by atoms with E-state index in [9.17, 15) is 4.79 Å². The Bertz CT molecular complexity index is 1170. The highest BCUT2D eigenvalue weighted by atomic mass is 16.5. The molecule has 3 aromatic rings. The van der Waals surface area contributed by atoms with E-state index in [2.05, 4.69) is 39.9 Å². The molecule has 1 aliphatic rings. The smallest absolute Gasteiger partial charge is 0.336 e. The van der Waals surface area contributed by atoms with Crippen LogP contribution in [0.25, 0.3) is 5.65 Å². The number of aromatic nitrogens is 5. The number of hydrogen-bond donors (Lipinski definition) is 1. The predicted octanol–water partition coefficient (Wildman–Crippen LogP) is 3.02. The second-order valence-electron chi connectivity index (χ2n) is 9.26. The van der Waals surface area contributed by atoms with Crippen LogP contribution in [0.3, 0.4) is 0 Å². The summed E-state index contributed by atoms with van der Waals surface area (Å²) in [6, 6.07) is 2.41. The number of anilines is 2. The van der Waals surface area contributed by atoms with E-state index in [0.29, 0.717) is 24.3 Å². The summed E-state index contributed by atoms with van der Waals surface area (Å²) in [5, 5.41) is 4.54. The van der Waals surface area contributed by atoms with E-state index in [-0.39, 0.29) is 18.0 Å². The van der Waals surface area contributed by atoms with Gasteiger partial charge in [0.1, 0.15) is 5.82 Å². The van der Waals surface area contributed by atoms with E-state index in [4.69, 9.17) is 15.5 Å². The summed E-state index contributed by atoms with van der Waals surface area (Å²) in [7, 11) is 0. The summed E-state index contributed by atoms with van der Waals surface area (Å²) >= 11 is 0. The van der Waals surface area contributed by atoms with Gasteiger partial charge >= 0.3 is 6.01 Å². The highest BCUT2D eigenvalue weighted by Gasteiger charge is 2.22. The van der Waals surface area contributed by atoms with Crippen LogP contribution in [-0.4, -0.2) is 67.7 Å². The Labute approximate surface area is 206 Å². The molecule has 3 aromatic heterocycles. The number of pyridine rings is 1. The van der Waals surface area contributed by atoms with Crippen LogP contribution in [0, 0.1) is 6.92 Å². The van der Waals surface area contributed by atoms with Gasteiger partial charge in [0.05, 0.1) is 18.0 Å². The maximum atomic E-state index is 12.2. The first-order valence-electron chi connectivity index (χ1n) is 12.5. The van der Waals surface area contributed by atoms with Gasteiger partial charge in [0.2, 0.25) is 5.91 Å². The zero-order chi connectivity index (χ0) is 24.9. The molecule has 1 aliphatic heterocycles. The van der Waals surface area contributed by atoms with Crippen molar-refractivity contribution < 1.29 is 9.53 Å². The Morgan fingerprint density at radius 1 is 1.14 bits per heavy atom. The average Bonchev–Trinajstić information content (AvgIpc) is 3.22. The summed E-state index contributed by atoms with van der Waals surface area (Å²) in [6.07, 6.45) is 7.74. The van der Waals surface area contributed by atoms with Gasteiger partial charge in [-0.2, -0.15) is 4.98 Å². The molecule has 0 radical (unpaired) electrons. The largest absolute Gasteiger partial charge is 0.459 e. The summed E-state index contributed by atoms with van der Waals surface area (Å²) < 4.78 is 7.58. The van der Waals surface area contributed by atoms with Gasteiger partial charge in [-0.1, -0.05) is 26.3 Å². The fourth-order valence-corrected chi connectivity index (χ4v) is 4.55. The van der Waals surface area contributed by atoms with Crippen molar-refractivity contribution in [3.8, 4) is 6.01 Å². The fraction of sp³-hybridized carbons (Fsp3) is 0.560. The van der Waals surface area contributed by atoms with Crippen LogP contribution in [0.5, 0.6) is 6.01 Å². The standard InChI is InChI=1S/C25H36N8O2/c1-5-7-18(4)35-25-29-22(26)24-28-16-20(33(24)30-25)14-19-13-17(3)23(27-15-19)32-11-9-31(10-12-32)21(34)8-6-2/h13,15-16,18H,5-12,14H2,1-4H3,(H2,26,29,30). The third kappa shape index (κ3) is 5.63. The number of nitrogens with two attached hydrogens (primary N) is 1. The first-order valence-corrected chi connectivity index (χ1v) is 12.5. The van der Waals surface area contributed by atoms with Gasteiger partial charge in [0.25, 0.3) is 0 Å². The molecule has 1 atom stereocenters. The van der Waals surface area contributed by atoms with E-state index >= 15 is 0 Å². The Morgan fingerprint density at radius 3 is 2.60 bits per heavy atom. The summed E-state index contributed by atoms with van der Waals surface area (Å²) in [4.78, 5) is 29.9. The number of imidazole rings is 1. The Hall–Kier alpha value is -3.43. The van der Waals surface area contributed by atoms with Crippen LogP contribution < -0.4 is 15.4 Å². The number of carbonyl (C=O) groups excluding carboxylic acids is 1. The van der Waals surface area contributed by atoms with Crippen molar-refractivity contribution in [1.82, 2.24) is 29.5 Å². The van der Waals surface area contributed by atoms with Crippen LogP contribution in [0.4, 0.5) is 11.6 Å². The van der Waals surface area contributed by atoms with Gasteiger partial charge in [0, 0.05) is 45.2 Å². The van der Waals surface area contributed by atoms with Gasteiger partial charge < -0.3 is 20.3 Å². The molecule has 4 heterocycles. The number of nitrogen functional groups attached to an aromatic ring is 1. The molecule has 1 fully saturated rings. The molecule has 1 unspecified atom stereocenters. The summed E-state index contributed by atoms with van der Waals surface area (Å²) in [5.74, 6) is 1.52. The van der Waals surface area contributed by atoms with Crippen molar-refractivity contribution in [1.29, 1.82) is 0 Å². The lowest BCUT2D eigenvalue weighted by Crippen LogP contribution is -2.49. The number of fused-ring (bicyclic) bond motifs is 1. The van der Waals surface area contributed by atoms with Crippen molar-refractivity contribution in [2.45, 2.75) is 65.9 Å². The van der Waals surface area contributed by atoms with E-state index in [1.54, 1.807) is 10.7 Å². The van der Waals surface area contributed by atoms with Crippen molar-refractivity contribution in [2.24, 2.45) is 0 Å². The number of aryl methyl sites for hydroxylation is 1. The van der Waals surface area contributed by atoms with E-state index in [0.717, 1.165) is 68.1 Å². The Kier molecular flexibility index (Phi) is 7.67. The predicted molar refractivity (Wildman–Crippen MR) is 136 cm³/mol. The van der Waals surface area contributed by atoms with Gasteiger partial charge in [0.15, 0.2) is 11.5 Å². The number of hydrogen-bond acceptors (Lipinski definition) is 8. The minimum atomic E-state index is 0.00912. The molecule has 0 spiro atoms. The lowest BCUT2D eigenvalue weighted by molar-refractivity contribution is -0.131. The molecule has 0 aliphatic carbocycles. The maximum Gasteiger partial charge on any atom is 0.336 e. The molecule has 4 rings (SSSR count). The quantitative estimate of drug-likeness (QED) is 0.497. The monoisotopic (exact) mass is 480 g/mol. The Morgan fingerprint density at radius 2 is 1.91 bits per heavy atom. The highest BCUT2D eigenvalue weighted by Crippen LogP contribution is 2.23. The number of ether oxygens (including phenoxy) is 1. The molecular formula is C25H36N8O2. The zero-order valence-electron chi connectivity index (χ0n) is 21.2. The molecule has 10 nitrogen and oxygen atoms in total. The topological polar surface area (TPSA) is 115 Å². The van der Waals surface area contributed by atoms with Gasteiger partial charge in [-0.15, -0.1) is 5.10 Å². The molecule has 10 heteroatoms. The molecule has 0 bridgehead atoms. The van der Waals surface area contributed by atoms with E-state index in [1.165, 1.54) is 0 Å². The van der Waals surface area contributed by atoms with E-state index < -0.39 is 0 Å². The van der Waals surface area contributed by atoms with Gasteiger partial charge in [-0.05, 0) is 37.8 Å². The fourth-order valence-electron chi connectivity index (χ4n) is 4.55. The Balaban J connectivity index is 1.47. The third-order valence-electron chi connectivity index (χ3n) is 6.33. The zero-order valence-corrected chi connectivity index (χ0v) is 21.2. The van der Waals surface area contributed by atoms with Crippen molar-refractivity contribution in [2.75, 3.05) is 36.8 Å². The maximum absolute atomic E-state index is 12.2. The van der Waals surface area contributed by atoms with Crippen molar-refractivity contribution >= 4 is 23.2 Å². The number of rotatable bonds is 9. The van der Waals surface area contributed by atoms with Crippen molar-refractivity contribution in [3.05, 3.63) is 35.3 Å². The normalized spacial score (nSPS) is 15.0. The van der Waals surface area contributed by atoms with Crippen LogP contribution in [-0.2, 0) is 11.2 Å². The first-order chi connectivity index (χ1) is 16.9. The third-order valence-corrected chi connectivity index (χ3v) is 6.33. The molecular weight excluding hydrogens is 444 g/mol. The SMILES string of the molecule is CCCC(=O)N1CCN(c2ncc(Cc3cnc4c(N)nc(OC(C)CCC)nn34)cc2C)CC1. The van der Waals surface area contributed by atoms with Crippen LogP contribution in [0.15, 0.2) is 18.5 Å². The second kappa shape index (κ2) is 10.9. The second-order valence-corrected chi connectivity index (χ2v) is 9.26. The number of nitrogens with zero attached hydrogens (tertiary/aromatic N) is 7. The first kappa shape index (κ1) is 24.7. The number of amides is 1. The lowest BCUT2D eigenvalue weighted by Gasteiger charge is -2.36. The average molecular weight is 481 g/mol. The van der Waals surface area contributed by atoms with E-state index in [1.807, 2.05) is 24.9 Å². The molecule has 188 valence electrons.